The molecule has 0 atom stereocenters. The molecule has 0 spiro atoms. The Morgan fingerprint density at radius 2 is 2.00 bits per heavy atom. The van der Waals surface area contributed by atoms with Crippen LogP contribution in [0, 0.1) is 5.82 Å². The van der Waals surface area contributed by atoms with Crippen LogP contribution in [0.5, 0.6) is 17.2 Å². The van der Waals surface area contributed by atoms with Crippen molar-refractivity contribution in [3.8, 4) is 17.2 Å². The standard InChI is InChI=1S/C12H14FNO3/c13-7-5-8-11(17-6-16-8)9(10(7)15)12(14)3-1-2-4-12/h5,15H,1-4,6,14H2. The molecular weight excluding hydrogens is 225 g/mol. The fraction of sp³-hybridized carbons (Fsp3) is 0.500. The summed E-state index contributed by atoms with van der Waals surface area (Å²) in [5.74, 6) is -0.389. The number of hydrogen-bond acceptors (Lipinski definition) is 4. The molecule has 3 N–H and O–H groups in total. The summed E-state index contributed by atoms with van der Waals surface area (Å²) in [6.07, 6.45) is 3.39. The predicted molar refractivity (Wildman–Crippen MR) is 58.5 cm³/mol. The summed E-state index contributed by atoms with van der Waals surface area (Å²) >= 11 is 0. The molecule has 1 aromatic carbocycles. The maximum absolute atomic E-state index is 13.6. The average molecular weight is 239 g/mol. The van der Waals surface area contributed by atoms with Crippen LogP contribution in [-0.4, -0.2) is 11.9 Å². The second-order valence-electron chi connectivity index (χ2n) is 4.68. The van der Waals surface area contributed by atoms with Crippen molar-refractivity contribution in [1.82, 2.24) is 0 Å². The third kappa shape index (κ3) is 1.45. The number of rotatable bonds is 1. The van der Waals surface area contributed by atoms with Crippen LogP contribution in [0.3, 0.4) is 0 Å². The van der Waals surface area contributed by atoms with Crippen LogP contribution in [0.1, 0.15) is 31.2 Å². The Morgan fingerprint density at radius 1 is 1.29 bits per heavy atom. The first-order chi connectivity index (χ1) is 8.12. The highest BCUT2D eigenvalue weighted by Gasteiger charge is 2.40. The monoisotopic (exact) mass is 239 g/mol. The number of phenols is 1. The number of phenolic OH excluding ortho intramolecular Hbond substituents is 1. The topological polar surface area (TPSA) is 64.7 Å². The Balaban J connectivity index is 2.21. The van der Waals surface area contributed by atoms with Gasteiger partial charge < -0.3 is 20.3 Å². The van der Waals surface area contributed by atoms with E-state index in [2.05, 4.69) is 0 Å². The van der Waals surface area contributed by atoms with Crippen LogP contribution in [-0.2, 0) is 5.54 Å². The van der Waals surface area contributed by atoms with Gasteiger partial charge in [-0.2, -0.15) is 0 Å². The molecule has 5 heteroatoms. The number of hydrogen-bond donors (Lipinski definition) is 2. The maximum atomic E-state index is 13.6. The Bertz CT molecular complexity index is 469. The molecule has 1 aromatic rings. The van der Waals surface area contributed by atoms with E-state index >= 15 is 0 Å². The van der Waals surface area contributed by atoms with E-state index in [1.165, 1.54) is 0 Å². The third-order valence-electron chi connectivity index (χ3n) is 3.58. The quantitative estimate of drug-likeness (QED) is 0.786. The molecule has 0 bridgehead atoms. The predicted octanol–water partition coefficient (Wildman–Crippen LogP) is 1.99. The van der Waals surface area contributed by atoms with Crippen LogP contribution in [0.4, 0.5) is 4.39 Å². The molecule has 0 unspecified atom stereocenters. The van der Waals surface area contributed by atoms with E-state index in [-0.39, 0.29) is 6.79 Å². The van der Waals surface area contributed by atoms with Gasteiger partial charge in [0.15, 0.2) is 23.1 Å². The zero-order valence-electron chi connectivity index (χ0n) is 9.33. The van der Waals surface area contributed by atoms with Gasteiger partial charge in [-0.05, 0) is 12.8 Å². The molecule has 17 heavy (non-hydrogen) atoms. The molecule has 1 aliphatic heterocycles. The van der Waals surface area contributed by atoms with Crippen molar-refractivity contribution in [3.05, 3.63) is 17.4 Å². The minimum atomic E-state index is -0.707. The molecule has 4 nitrogen and oxygen atoms in total. The van der Waals surface area contributed by atoms with Gasteiger partial charge in [0.1, 0.15) is 0 Å². The lowest BCUT2D eigenvalue weighted by atomic mass is 9.87. The molecule has 92 valence electrons. The first-order valence-corrected chi connectivity index (χ1v) is 5.72. The molecule has 1 heterocycles. The normalized spacial score (nSPS) is 20.8. The summed E-state index contributed by atoms with van der Waals surface area (Å²) in [6.45, 7) is 0.0430. The van der Waals surface area contributed by atoms with Crippen molar-refractivity contribution in [1.29, 1.82) is 0 Å². The SMILES string of the molecule is NC1(c2c(O)c(F)cc3c2OCO3)CCCC1. The van der Waals surface area contributed by atoms with E-state index in [1.807, 2.05) is 0 Å². The van der Waals surface area contributed by atoms with Crippen LogP contribution in [0.15, 0.2) is 6.07 Å². The smallest absolute Gasteiger partial charge is 0.231 e. The molecule has 3 rings (SSSR count). The van der Waals surface area contributed by atoms with E-state index in [0.29, 0.717) is 17.1 Å². The summed E-state index contributed by atoms with van der Waals surface area (Å²) in [5.41, 5.74) is 5.92. The lowest BCUT2D eigenvalue weighted by Crippen LogP contribution is -2.33. The van der Waals surface area contributed by atoms with Gasteiger partial charge in [-0.3, -0.25) is 0 Å². The number of benzene rings is 1. The van der Waals surface area contributed by atoms with Crippen molar-refractivity contribution >= 4 is 0 Å². The number of ether oxygens (including phenoxy) is 2. The first kappa shape index (κ1) is 10.7. The van der Waals surface area contributed by atoms with Crippen molar-refractivity contribution in [2.45, 2.75) is 31.2 Å². The fourth-order valence-corrected chi connectivity index (χ4v) is 2.72. The lowest BCUT2D eigenvalue weighted by Gasteiger charge is -2.26. The van der Waals surface area contributed by atoms with Gasteiger partial charge in [-0.25, -0.2) is 4.39 Å². The molecule has 1 fully saturated rings. The van der Waals surface area contributed by atoms with Crippen LogP contribution in [0.2, 0.25) is 0 Å². The Kier molecular flexibility index (Phi) is 2.19. The first-order valence-electron chi connectivity index (χ1n) is 5.72. The van der Waals surface area contributed by atoms with E-state index in [4.69, 9.17) is 15.2 Å². The second-order valence-corrected chi connectivity index (χ2v) is 4.68. The third-order valence-corrected chi connectivity index (χ3v) is 3.58. The summed E-state index contributed by atoms with van der Waals surface area (Å²) in [7, 11) is 0. The van der Waals surface area contributed by atoms with Gasteiger partial charge in [-0.15, -0.1) is 0 Å². The fourth-order valence-electron chi connectivity index (χ4n) is 2.72. The van der Waals surface area contributed by atoms with E-state index in [0.717, 1.165) is 31.7 Å². The highest BCUT2D eigenvalue weighted by atomic mass is 19.1. The molecular formula is C12H14FNO3. The van der Waals surface area contributed by atoms with Gasteiger partial charge in [0, 0.05) is 11.6 Å². The van der Waals surface area contributed by atoms with E-state index in [9.17, 15) is 9.50 Å². The van der Waals surface area contributed by atoms with Crippen LogP contribution in [0.25, 0.3) is 0 Å². The van der Waals surface area contributed by atoms with Gasteiger partial charge in [0.2, 0.25) is 6.79 Å². The molecule has 0 saturated heterocycles. The Labute approximate surface area is 98.1 Å². The molecule has 2 aliphatic rings. The van der Waals surface area contributed by atoms with Crippen molar-refractivity contribution in [3.63, 3.8) is 0 Å². The Hall–Kier alpha value is -1.49. The molecule has 0 aromatic heterocycles. The van der Waals surface area contributed by atoms with Crippen molar-refractivity contribution < 1.29 is 19.0 Å². The second kappa shape index (κ2) is 3.50. The van der Waals surface area contributed by atoms with E-state index in [1.54, 1.807) is 0 Å². The summed E-state index contributed by atoms with van der Waals surface area (Å²) in [5, 5.41) is 9.90. The maximum Gasteiger partial charge on any atom is 0.231 e. The van der Waals surface area contributed by atoms with Crippen LogP contribution < -0.4 is 15.2 Å². The Morgan fingerprint density at radius 3 is 2.71 bits per heavy atom. The van der Waals surface area contributed by atoms with Gasteiger partial charge in [0.05, 0.1) is 5.56 Å². The summed E-state index contributed by atoms with van der Waals surface area (Å²) in [6, 6.07) is 1.14. The lowest BCUT2D eigenvalue weighted by molar-refractivity contribution is 0.171. The highest BCUT2D eigenvalue weighted by molar-refractivity contribution is 5.58. The number of halogens is 1. The largest absolute Gasteiger partial charge is 0.504 e. The number of fused-ring (bicyclic) bond motifs is 1. The number of nitrogens with two attached hydrogens (primary N) is 1. The van der Waals surface area contributed by atoms with Crippen LogP contribution >= 0.6 is 0 Å². The summed E-state index contributed by atoms with van der Waals surface area (Å²) < 4.78 is 24.1. The van der Waals surface area contributed by atoms with Gasteiger partial charge in [0.25, 0.3) is 0 Å². The molecule has 1 saturated carbocycles. The van der Waals surface area contributed by atoms with Gasteiger partial charge >= 0.3 is 0 Å². The number of aromatic hydroxyl groups is 1. The zero-order valence-corrected chi connectivity index (χ0v) is 9.33. The summed E-state index contributed by atoms with van der Waals surface area (Å²) in [4.78, 5) is 0. The average Bonchev–Trinajstić information content (AvgIpc) is 2.89. The zero-order chi connectivity index (χ0) is 12.0. The minimum Gasteiger partial charge on any atom is -0.504 e. The molecule has 1 aliphatic carbocycles. The van der Waals surface area contributed by atoms with Crippen molar-refractivity contribution in [2.24, 2.45) is 5.73 Å². The van der Waals surface area contributed by atoms with Crippen molar-refractivity contribution in [2.75, 3.05) is 6.79 Å². The van der Waals surface area contributed by atoms with Gasteiger partial charge in [-0.1, -0.05) is 12.8 Å². The minimum absolute atomic E-state index is 0.0430. The molecule has 0 amide bonds. The van der Waals surface area contributed by atoms with E-state index < -0.39 is 17.1 Å². The highest BCUT2D eigenvalue weighted by Crippen LogP contribution is 2.50. The molecule has 0 radical (unpaired) electrons.